The Morgan fingerprint density at radius 3 is 2.57 bits per heavy atom. The summed E-state index contributed by atoms with van der Waals surface area (Å²) >= 11 is 0. The second kappa shape index (κ2) is 9.04. The van der Waals surface area contributed by atoms with E-state index >= 15 is 0 Å². The van der Waals surface area contributed by atoms with Crippen LogP contribution in [0.5, 0.6) is 5.75 Å². The number of nitrogens with zero attached hydrogens (tertiary/aromatic N) is 2. The molecule has 1 heterocycles. The molecule has 3 aromatic rings. The molecule has 0 spiro atoms. The molecule has 1 aromatic heterocycles. The van der Waals surface area contributed by atoms with Crippen molar-refractivity contribution in [2.75, 3.05) is 23.4 Å². The fourth-order valence-corrected chi connectivity index (χ4v) is 2.98. The van der Waals surface area contributed by atoms with Crippen molar-refractivity contribution >= 4 is 23.0 Å². The van der Waals surface area contributed by atoms with Gasteiger partial charge in [-0.1, -0.05) is 24.3 Å². The van der Waals surface area contributed by atoms with Crippen LogP contribution < -0.4 is 15.0 Å². The topological polar surface area (TPSA) is 54.5 Å². The molecule has 144 valence electrons. The number of carbonyl (C=O) groups is 1. The molecule has 5 heteroatoms. The van der Waals surface area contributed by atoms with E-state index in [1.807, 2.05) is 75.4 Å². The van der Waals surface area contributed by atoms with E-state index in [9.17, 15) is 4.79 Å². The maximum absolute atomic E-state index is 12.9. The normalized spacial score (nSPS) is 10.4. The van der Waals surface area contributed by atoms with E-state index < -0.39 is 0 Å². The first-order valence-electron chi connectivity index (χ1n) is 9.45. The number of aryl methyl sites for hydroxylation is 1. The molecule has 28 heavy (non-hydrogen) atoms. The van der Waals surface area contributed by atoms with Gasteiger partial charge in [0, 0.05) is 12.2 Å². The van der Waals surface area contributed by atoms with E-state index in [0.717, 1.165) is 28.4 Å². The average molecular weight is 375 g/mol. The lowest BCUT2D eigenvalue weighted by Crippen LogP contribution is -2.31. The molecular formula is C23H25N3O2. The summed E-state index contributed by atoms with van der Waals surface area (Å²) in [6.07, 6.45) is 1.67. The van der Waals surface area contributed by atoms with Crippen LogP contribution in [0.2, 0.25) is 0 Å². The highest BCUT2D eigenvalue weighted by molar-refractivity contribution is 6.04. The highest BCUT2D eigenvalue weighted by Crippen LogP contribution is 2.27. The molecule has 0 atom stereocenters. The molecule has 2 aromatic carbocycles. The monoisotopic (exact) mass is 375 g/mol. The summed E-state index contributed by atoms with van der Waals surface area (Å²) in [7, 11) is 0. The van der Waals surface area contributed by atoms with Crippen molar-refractivity contribution in [1.29, 1.82) is 0 Å². The molecule has 3 rings (SSSR count). The van der Waals surface area contributed by atoms with Crippen LogP contribution in [-0.2, 0) is 0 Å². The van der Waals surface area contributed by atoms with Crippen LogP contribution in [-0.4, -0.2) is 24.0 Å². The van der Waals surface area contributed by atoms with Crippen LogP contribution in [0.4, 0.5) is 17.1 Å². The molecule has 0 fully saturated rings. The quantitative estimate of drug-likeness (QED) is 0.617. The van der Waals surface area contributed by atoms with Gasteiger partial charge < -0.3 is 15.0 Å². The van der Waals surface area contributed by atoms with Gasteiger partial charge in [0.2, 0.25) is 0 Å². The Kier molecular flexibility index (Phi) is 6.27. The number of hydrogen-bond acceptors (Lipinski definition) is 4. The average Bonchev–Trinajstić information content (AvgIpc) is 2.71. The zero-order chi connectivity index (χ0) is 19.9. The van der Waals surface area contributed by atoms with Crippen LogP contribution in [0.1, 0.15) is 29.9 Å². The number of nitrogens with one attached hydrogen (secondary N) is 1. The van der Waals surface area contributed by atoms with Gasteiger partial charge in [-0.2, -0.15) is 0 Å². The second-order valence-electron chi connectivity index (χ2n) is 6.37. The van der Waals surface area contributed by atoms with Crippen LogP contribution in [0.25, 0.3) is 0 Å². The largest absolute Gasteiger partial charge is 0.492 e. The third kappa shape index (κ3) is 4.49. The minimum Gasteiger partial charge on any atom is -0.492 e. The minimum absolute atomic E-state index is 0.116. The summed E-state index contributed by atoms with van der Waals surface area (Å²) in [6, 6.07) is 19.2. The highest BCUT2D eigenvalue weighted by atomic mass is 16.5. The highest BCUT2D eigenvalue weighted by Gasteiger charge is 2.17. The van der Waals surface area contributed by atoms with Gasteiger partial charge in [-0.15, -0.1) is 0 Å². The van der Waals surface area contributed by atoms with Gasteiger partial charge >= 0.3 is 0 Å². The molecule has 0 saturated carbocycles. The Bertz CT molecular complexity index is 939. The van der Waals surface area contributed by atoms with E-state index in [0.29, 0.717) is 18.8 Å². The van der Waals surface area contributed by atoms with Crippen molar-refractivity contribution in [1.82, 2.24) is 4.98 Å². The van der Waals surface area contributed by atoms with Gasteiger partial charge in [0.25, 0.3) is 5.91 Å². The van der Waals surface area contributed by atoms with Crippen LogP contribution in [0.15, 0.2) is 66.9 Å². The van der Waals surface area contributed by atoms with E-state index in [1.165, 1.54) is 0 Å². The molecule has 0 bridgehead atoms. The van der Waals surface area contributed by atoms with E-state index in [4.69, 9.17) is 4.74 Å². The Hall–Kier alpha value is -3.34. The number of hydrogen-bond donors (Lipinski definition) is 1. The second-order valence-corrected chi connectivity index (χ2v) is 6.37. The molecule has 1 amide bonds. The number of carbonyl (C=O) groups excluding carboxylic acids is 1. The third-order valence-corrected chi connectivity index (χ3v) is 4.32. The molecule has 0 aliphatic heterocycles. The zero-order valence-corrected chi connectivity index (χ0v) is 16.5. The van der Waals surface area contributed by atoms with Crippen LogP contribution in [0, 0.1) is 6.92 Å². The van der Waals surface area contributed by atoms with Gasteiger partial charge in [0.05, 0.1) is 24.2 Å². The SMILES string of the molecule is CCOc1ccccc1Nc1ccc(C(=O)N(CC)c2cccc(C)c2)nc1. The summed E-state index contributed by atoms with van der Waals surface area (Å²) in [5, 5.41) is 3.29. The predicted octanol–water partition coefficient (Wildman–Crippen LogP) is 5.20. The molecule has 5 nitrogen and oxygen atoms in total. The fraction of sp³-hybridized carbons (Fsp3) is 0.217. The molecule has 0 radical (unpaired) electrons. The first kappa shape index (κ1) is 19.4. The van der Waals surface area contributed by atoms with Crippen molar-refractivity contribution in [2.45, 2.75) is 20.8 Å². The lowest BCUT2D eigenvalue weighted by Gasteiger charge is -2.21. The standard InChI is InChI=1S/C23H25N3O2/c1-4-26(19-10-8-9-17(3)15-19)23(27)21-14-13-18(16-24-21)25-20-11-6-7-12-22(20)28-5-2/h6-16,25H,4-5H2,1-3H3. The van der Waals surface area contributed by atoms with Gasteiger partial charge in [-0.3, -0.25) is 4.79 Å². The molecule has 0 aliphatic rings. The van der Waals surface area contributed by atoms with E-state index in [2.05, 4.69) is 10.3 Å². The molecule has 0 saturated heterocycles. The van der Waals surface area contributed by atoms with Gasteiger partial charge in [-0.05, 0) is 62.7 Å². The van der Waals surface area contributed by atoms with Crippen molar-refractivity contribution in [3.05, 3.63) is 78.1 Å². The summed E-state index contributed by atoms with van der Waals surface area (Å²) in [5.41, 5.74) is 4.06. The number of benzene rings is 2. The van der Waals surface area contributed by atoms with Gasteiger partial charge in [-0.25, -0.2) is 4.98 Å². The minimum atomic E-state index is -0.116. The van der Waals surface area contributed by atoms with Crippen molar-refractivity contribution in [3.63, 3.8) is 0 Å². The molecule has 0 unspecified atom stereocenters. The lowest BCUT2D eigenvalue weighted by atomic mass is 10.2. The van der Waals surface area contributed by atoms with Crippen molar-refractivity contribution in [2.24, 2.45) is 0 Å². The number of aromatic nitrogens is 1. The number of rotatable bonds is 7. The van der Waals surface area contributed by atoms with Gasteiger partial charge in [0.15, 0.2) is 0 Å². The predicted molar refractivity (Wildman–Crippen MR) is 114 cm³/mol. The maximum atomic E-state index is 12.9. The number of anilines is 3. The fourth-order valence-electron chi connectivity index (χ4n) is 2.98. The van der Waals surface area contributed by atoms with E-state index in [-0.39, 0.29) is 5.91 Å². The smallest absolute Gasteiger partial charge is 0.276 e. The Labute approximate surface area is 166 Å². The van der Waals surface area contributed by atoms with Crippen LogP contribution in [0.3, 0.4) is 0 Å². The van der Waals surface area contributed by atoms with Crippen molar-refractivity contribution < 1.29 is 9.53 Å². The van der Waals surface area contributed by atoms with Gasteiger partial charge in [0.1, 0.15) is 11.4 Å². The van der Waals surface area contributed by atoms with Crippen molar-refractivity contribution in [3.8, 4) is 5.75 Å². The number of amides is 1. The summed E-state index contributed by atoms with van der Waals surface area (Å²) in [6.45, 7) is 7.09. The summed E-state index contributed by atoms with van der Waals surface area (Å²) < 4.78 is 5.63. The van der Waals surface area contributed by atoms with E-state index in [1.54, 1.807) is 17.2 Å². The Balaban J connectivity index is 1.77. The first-order valence-corrected chi connectivity index (χ1v) is 9.45. The Morgan fingerprint density at radius 2 is 1.89 bits per heavy atom. The first-order chi connectivity index (χ1) is 13.6. The maximum Gasteiger partial charge on any atom is 0.276 e. The number of pyridine rings is 1. The number of ether oxygens (including phenoxy) is 1. The molecule has 0 aliphatic carbocycles. The zero-order valence-electron chi connectivity index (χ0n) is 16.5. The third-order valence-electron chi connectivity index (χ3n) is 4.32. The summed E-state index contributed by atoms with van der Waals surface area (Å²) in [5.74, 6) is 0.663. The molecular weight excluding hydrogens is 350 g/mol. The number of para-hydroxylation sites is 2. The Morgan fingerprint density at radius 1 is 1.07 bits per heavy atom. The summed E-state index contributed by atoms with van der Waals surface area (Å²) in [4.78, 5) is 19.0. The lowest BCUT2D eigenvalue weighted by molar-refractivity contribution is 0.0983. The van der Waals surface area contributed by atoms with Crippen LogP contribution >= 0.6 is 0 Å². The molecule has 1 N–H and O–H groups in total.